The van der Waals surface area contributed by atoms with E-state index in [1.165, 1.54) is 13.3 Å². The fourth-order valence-electron chi connectivity index (χ4n) is 2.60. The van der Waals surface area contributed by atoms with Crippen LogP contribution >= 0.6 is 0 Å². The molecule has 0 spiro atoms. The van der Waals surface area contributed by atoms with Gasteiger partial charge in [-0.3, -0.25) is 4.79 Å². The largest absolute Gasteiger partial charge is 0.494 e. The van der Waals surface area contributed by atoms with Gasteiger partial charge in [0.15, 0.2) is 0 Å². The van der Waals surface area contributed by atoms with E-state index < -0.39 is 5.97 Å². The van der Waals surface area contributed by atoms with Crippen molar-refractivity contribution in [1.82, 2.24) is 4.98 Å². The Balaban J connectivity index is 1.63. The molecule has 7 heteroatoms. The van der Waals surface area contributed by atoms with Gasteiger partial charge in [0, 0.05) is 17.6 Å². The molecule has 1 amide bonds. The van der Waals surface area contributed by atoms with Crippen molar-refractivity contribution in [2.75, 3.05) is 24.4 Å². The third-order valence-electron chi connectivity index (χ3n) is 4.00. The van der Waals surface area contributed by atoms with Crippen LogP contribution in [0.25, 0.3) is 0 Å². The quantitative estimate of drug-likeness (QED) is 0.585. The van der Waals surface area contributed by atoms with Gasteiger partial charge in [-0.15, -0.1) is 0 Å². The molecule has 0 saturated carbocycles. The maximum atomic E-state index is 12.4. The number of hydrogen-bond donors (Lipinski definition) is 2. The summed E-state index contributed by atoms with van der Waals surface area (Å²) in [5.41, 5.74) is 2.11. The smallest absolute Gasteiger partial charge is 0.337 e. The van der Waals surface area contributed by atoms with Crippen LogP contribution < -0.4 is 15.4 Å². The second-order valence-electron chi connectivity index (χ2n) is 6.04. The number of hydrogen-bond acceptors (Lipinski definition) is 6. The number of pyridine rings is 1. The van der Waals surface area contributed by atoms with Crippen molar-refractivity contribution in [2.45, 2.75) is 6.92 Å². The number of anilines is 3. The SMILES string of the molecule is CCOc1ccc(Nc2ccc(C(=O)Nc3cccc(C(=O)OC)c3)cn2)cc1. The Bertz CT molecular complexity index is 986. The van der Waals surface area contributed by atoms with E-state index >= 15 is 0 Å². The predicted octanol–water partition coefficient (Wildman–Crippen LogP) is 4.26. The van der Waals surface area contributed by atoms with Crippen LogP contribution in [-0.4, -0.2) is 30.6 Å². The summed E-state index contributed by atoms with van der Waals surface area (Å²) in [5.74, 6) is 0.618. The zero-order valence-corrected chi connectivity index (χ0v) is 16.1. The first-order valence-electron chi connectivity index (χ1n) is 9.04. The Morgan fingerprint density at radius 1 is 0.966 bits per heavy atom. The summed E-state index contributed by atoms with van der Waals surface area (Å²) in [4.78, 5) is 28.3. The lowest BCUT2D eigenvalue weighted by Crippen LogP contribution is -2.13. The number of carbonyl (C=O) groups excluding carboxylic acids is 2. The van der Waals surface area contributed by atoms with Crippen molar-refractivity contribution in [1.29, 1.82) is 0 Å². The van der Waals surface area contributed by atoms with Gasteiger partial charge in [0.25, 0.3) is 5.91 Å². The fourth-order valence-corrected chi connectivity index (χ4v) is 2.60. The molecule has 0 radical (unpaired) electrons. The first-order chi connectivity index (χ1) is 14.1. The van der Waals surface area contributed by atoms with Crippen molar-refractivity contribution in [3.05, 3.63) is 78.0 Å². The van der Waals surface area contributed by atoms with Gasteiger partial charge in [-0.1, -0.05) is 6.07 Å². The van der Waals surface area contributed by atoms with E-state index in [2.05, 4.69) is 20.4 Å². The molecule has 0 aliphatic heterocycles. The van der Waals surface area contributed by atoms with Crippen molar-refractivity contribution < 1.29 is 19.1 Å². The highest BCUT2D eigenvalue weighted by Crippen LogP contribution is 2.19. The number of benzene rings is 2. The van der Waals surface area contributed by atoms with Crippen LogP contribution in [0.5, 0.6) is 5.75 Å². The molecule has 3 rings (SSSR count). The van der Waals surface area contributed by atoms with E-state index in [0.717, 1.165) is 11.4 Å². The molecule has 2 N–H and O–H groups in total. The number of nitrogens with zero attached hydrogens (tertiary/aromatic N) is 1. The number of methoxy groups -OCH3 is 1. The number of nitrogens with one attached hydrogen (secondary N) is 2. The normalized spacial score (nSPS) is 10.1. The summed E-state index contributed by atoms with van der Waals surface area (Å²) in [5, 5.41) is 5.91. The monoisotopic (exact) mass is 391 g/mol. The van der Waals surface area contributed by atoms with Crippen LogP contribution in [0.1, 0.15) is 27.6 Å². The summed E-state index contributed by atoms with van der Waals surface area (Å²) in [7, 11) is 1.31. The molecule has 0 atom stereocenters. The Hall–Kier alpha value is -3.87. The molecule has 1 aromatic heterocycles. The van der Waals surface area contributed by atoms with E-state index in [-0.39, 0.29) is 5.91 Å². The summed E-state index contributed by atoms with van der Waals surface area (Å²) < 4.78 is 10.1. The highest BCUT2D eigenvalue weighted by Gasteiger charge is 2.10. The third kappa shape index (κ3) is 5.32. The van der Waals surface area contributed by atoms with Gasteiger partial charge >= 0.3 is 5.97 Å². The van der Waals surface area contributed by atoms with Gasteiger partial charge in [0.1, 0.15) is 11.6 Å². The molecule has 148 valence electrons. The molecule has 2 aromatic carbocycles. The van der Waals surface area contributed by atoms with Crippen LogP contribution in [0.3, 0.4) is 0 Å². The van der Waals surface area contributed by atoms with E-state index in [1.54, 1.807) is 36.4 Å². The molecule has 0 aliphatic carbocycles. The Morgan fingerprint density at radius 3 is 2.41 bits per heavy atom. The van der Waals surface area contributed by atoms with Gasteiger partial charge in [0.2, 0.25) is 0 Å². The van der Waals surface area contributed by atoms with Crippen LogP contribution in [0.4, 0.5) is 17.2 Å². The summed E-state index contributed by atoms with van der Waals surface area (Å²) >= 11 is 0. The average Bonchev–Trinajstić information content (AvgIpc) is 2.75. The topological polar surface area (TPSA) is 89.6 Å². The number of ether oxygens (including phenoxy) is 2. The van der Waals surface area contributed by atoms with Crippen LogP contribution in [0, 0.1) is 0 Å². The zero-order chi connectivity index (χ0) is 20.6. The molecule has 0 bridgehead atoms. The van der Waals surface area contributed by atoms with Crippen molar-refractivity contribution in [3.63, 3.8) is 0 Å². The molecular weight excluding hydrogens is 370 g/mol. The minimum absolute atomic E-state index is 0.327. The number of esters is 1. The molecule has 0 saturated heterocycles. The lowest BCUT2D eigenvalue weighted by atomic mass is 10.2. The zero-order valence-electron chi connectivity index (χ0n) is 16.1. The lowest BCUT2D eigenvalue weighted by Gasteiger charge is -2.09. The Kier molecular flexibility index (Phi) is 6.42. The standard InChI is InChI=1S/C22H21N3O4/c1-3-29-19-10-8-17(9-11-19)24-20-12-7-16(14-23-20)21(26)25-18-6-4-5-15(13-18)22(27)28-2/h4-14H,3H2,1-2H3,(H,23,24)(H,25,26). The lowest BCUT2D eigenvalue weighted by molar-refractivity contribution is 0.0600. The second kappa shape index (κ2) is 9.36. The first kappa shape index (κ1) is 19.9. The van der Waals surface area contributed by atoms with Crippen molar-refractivity contribution >= 4 is 29.1 Å². The van der Waals surface area contributed by atoms with Gasteiger partial charge in [-0.05, 0) is 61.5 Å². The first-order valence-corrected chi connectivity index (χ1v) is 9.04. The molecule has 29 heavy (non-hydrogen) atoms. The van der Waals surface area contributed by atoms with Crippen molar-refractivity contribution in [2.24, 2.45) is 0 Å². The molecule has 0 unspecified atom stereocenters. The van der Waals surface area contributed by atoms with Gasteiger partial charge in [-0.25, -0.2) is 9.78 Å². The third-order valence-corrected chi connectivity index (χ3v) is 4.00. The van der Waals surface area contributed by atoms with Crippen LogP contribution in [-0.2, 0) is 4.74 Å². The van der Waals surface area contributed by atoms with Gasteiger partial charge in [0.05, 0.1) is 24.8 Å². The molecular formula is C22H21N3O4. The number of rotatable bonds is 7. The van der Waals surface area contributed by atoms with E-state index in [9.17, 15) is 9.59 Å². The predicted molar refractivity (Wildman–Crippen MR) is 111 cm³/mol. The number of carbonyl (C=O) groups is 2. The molecule has 3 aromatic rings. The second-order valence-corrected chi connectivity index (χ2v) is 6.04. The summed E-state index contributed by atoms with van der Waals surface area (Å²) in [6, 6.07) is 17.4. The molecule has 0 fully saturated rings. The minimum atomic E-state index is -0.465. The van der Waals surface area contributed by atoms with E-state index in [0.29, 0.717) is 29.2 Å². The van der Waals surface area contributed by atoms with E-state index in [4.69, 9.17) is 4.74 Å². The Morgan fingerprint density at radius 2 is 1.76 bits per heavy atom. The fraction of sp³-hybridized carbons (Fsp3) is 0.136. The minimum Gasteiger partial charge on any atom is -0.494 e. The van der Waals surface area contributed by atoms with E-state index in [1.807, 2.05) is 31.2 Å². The molecule has 1 heterocycles. The highest BCUT2D eigenvalue weighted by molar-refractivity contribution is 6.04. The van der Waals surface area contributed by atoms with Crippen molar-refractivity contribution in [3.8, 4) is 5.75 Å². The molecule has 7 nitrogen and oxygen atoms in total. The molecule has 0 aliphatic rings. The average molecular weight is 391 g/mol. The van der Waals surface area contributed by atoms with Gasteiger partial charge in [-0.2, -0.15) is 0 Å². The van der Waals surface area contributed by atoms with Gasteiger partial charge < -0.3 is 20.1 Å². The summed E-state index contributed by atoms with van der Waals surface area (Å²) in [6.07, 6.45) is 1.48. The maximum absolute atomic E-state index is 12.4. The van der Waals surface area contributed by atoms with Crippen LogP contribution in [0.15, 0.2) is 66.9 Å². The number of aromatic nitrogens is 1. The highest BCUT2D eigenvalue weighted by atomic mass is 16.5. The maximum Gasteiger partial charge on any atom is 0.337 e. The Labute approximate surface area is 168 Å². The van der Waals surface area contributed by atoms with Crippen LogP contribution in [0.2, 0.25) is 0 Å². The summed E-state index contributed by atoms with van der Waals surface area (Å²) in [6.45, 7) is 2.55. The number of amides is 1.